The summed E-state index contributed by atoms with van der Waals surface area (Å²) in [6.45, 7) is 1.26. The Morgan fingerprint density at radius 2 is 1.59 bits per heavy atom. The van der Waals surface area contributed by atoms with Gasteiger partial charge in [-0.05, 0) is 79.3 Å². The van der Waals surface area contributed by atoms with Gasteiger partial charge in [0.2, 0.25) is 0 Å². The Bertz CT molecular complexity index is 1060. The van der Waals surface area contributed by atoms with Crippen molar-refractivity contribution in [2.24, 2.45) is 0 Å². The summed E-state index contributed by atoms with van der Waals surface area (Å²) in [5.41, 5.74) is 0.685. The van der Waals surface area contributed by atoms with Gasteiger partial charge >= 0.3 is 6.18 Å². The average molecular weight is 445 g/mol. The third kappa shape index (κ3) is 6.17. The lowest BCUT2D eigenvalue weighted by atomic mass is 9.92. The van der Waals surface area contributed by atoms with Crippen molar-refractivity contribution in [1.82, 2.24) is 4.90 Å². The van der Waals surface area contributed by atoms with E-state index in [4.69, 9.17) is 4.74 Å². The van der Waals surface area contributed by atoms with Crippen molar-refractivity contribution >= 4 is 5.78 Å². The molecule has 3 aromatic carbocycles. The molecule has 3 nitrogen and oxygen atoms in total. The van der Waals surface area contributed by atoms with E-state index in [-0.39, 0.29) is 17.8 Å². The number of benzene rings is 3. The van der Waals surface area contributed by atoms with E-state index in [1.807, 2.05) is 19.0 Å². The number of nitrogens with zero attached hydrogens (tertiary/aromatic N) is 1. The number of hydrogen-bond acceptors (Lipinski definition) is 3. The fourth-order valence-corrected chi connectivity index (χ4v) is 3.16. The van der Waals surface area contributed by atoms with Gasteiger partial charge in [0.1, 0.15) is 18.2 Å². The van der Waals surface area contributed by atoms with Crippen LogP contribution in [0.5, 0.6) is 5.75 Å². The first-order valence-corrected chi connectivity index (χ1v) is 10.0. The number of alkyl halides is 3. The number of Topliss-reactive ketones (excluding diaryl/α,β-unsaturated/α-hetero) is 1. The van der Waals surface area contributed by atoms with E-state index >= 15 is 0 Å². The van der Waals surface area contributed by atoms with E-state index in [1.54, 1.807) is 24.3 Å². The molecule has 0 atom stereocenters. The van der Waals surface area contributed by atoms with Gasteiger partial charge < -0.3 is 9.64 Å². The molecule has 0 bridgehead atoms. The summed E-state index contributed by atoms with van der Waals surface area (Å²) in [4.78, 5) is 14.8. The van der Waals surface area contributed by atoms with E-state index in [9.17, 15) is 22.4 Å². The molecule has 0 saturated heterocycles. The smallest absolute Gasteiger partial charge is 0.416 e. The standard InChI is InChI=1S/C25H23F4NO2/c1-30(2)13-14-32-22-11-6-18(7-12-22)24(31)15-19-3-8-20(25(27,28)29)16-23(19)17-4-9-21(26)10-5-17/h3-12,16H,13-15H2,1-2H3. The quantitative estimate of drug-likeness (QED) is 0.321. The number of hydrogen-bond donors (Lipinski definition) is 0. The SMILES string of the molecule is CN(C)CCOc1ccc(C(=O)Cc2ccc(C(F)(F)F)cc2-c2ccc(F)cc2)cc1. The van der Waals surface area contributed by atoms with E-state index in [1.165, 1.54) is 30.3 Å². The van der Waals surface area contributed by atoms with Gasteiger partial charge in [-0.15, -0.1) is 0 Å². The monoisotopic (exact) mass is 445 g/mol. The van der Waals surface area contributed by atoms with Gasteiger partial charge in [-0.2, -0.15) is 13.2 Å². The molecule has 0 heterocycles. The van der Waals surface area contributed by atoms with Crippen LogP contribution in [0.2, 0.25) is 0 Å². The predicted molar refractivity (Wildman–Crippen MR) is 115 cm³/mol. The summed E-state index contributed by atoms with van der Waals surface area (Å²) < 4.78 is 58.6. The first-order valence-electron chi connectivity index (χ1n) is 10.0. The number of ketones is 1. The molecular weight excluding hydrogens is 422 g/mol. The predicted octanol–water partition coefficient (Wildman–Crippen LogP) is 5.88. The van der Waals surface area contributed by atoms with Gasteiger partial charge in [0, 0.05) is 18.5 Å². The highest BCUT2D eigenvalue weighted by molar-refractivity contribution is 5.98. The van der Waals surface area contributed by atoms with Gasteiger partial charge in [-0.25, -0.2) is 4.39 Å². The van der Waals surface area contributed by atoms with Crippen molar-refractivity contribution in [3.05, 3.63) is 89.2 Å². The molecule has 0 saturated carbocycles. The van der Waals surface area contributed by atoms with Crippen LogP contribution >= 0.6 is 0 Å². The van der Waals surface area contributed by atoms with E-state index in [0.29, 0.717) is 29.0 Å². The first kappa shape index (κ1) is 23.5. The second kappa shape index (κ2) is 9.96. The maximum atomic E-state index is 13.3. The molecule has 0 spiro atoms. The summed E-state index contributed by atoms with van der Waals surface area (Å²) in [6.07, 6.45) is -4.62. The number of likely N-dealkylation sites (N-methyl/N-ethyl adjacent to an activating group) is 1. The lowest BCUT2D eigenvalue weighted by Gasteiger charge is -2.14. The van der Waals surface area contributed by atoms with E-state index < -0.39 is 17.6 Å². The third-order valence-corrected chi connectivity index (χ3v) is 4.93. The molecule has 0 fully saturated rings. The van der Waals surface area contributed by atoms with Crippen molar-refractivity contribution in [3.63, 3.8) is 0 Å². The Hall–Kier alpha value is -3.19. The van der Waals surface area contributed by atoms with Crippen LogP contribution < -0.4 is 4.74 Å². The minimum Gasteiger partial charge on any atom is -0.492 e. The summed E-state index contributed by atoms with van der Waals surface area (Å²) in [5, 5.41) is 0. The van der Waals surface area contributed by atoms with Crippen molar-refractivity contribution in [3.8, 4) is 16.9 Å². The zero-order valence-corrected chi connectivity index (χ0v) is 17.7. The van der Waals surface area contributed by atoms with Crippen LogP contribution in [-0.2, 0) is 12.6 Å². The lowest BCUT2D eigenvalue weighted by molar-refractivity contribution is -0.137. The molecule has 0 radical (unpaired) electrons. The third-order valence-electron chi connectivity index (χ3n) is 4.93. The summed E-state index contributed by atoms with van der Waals surface area (Å²) >= 11 is 0. The second-order valence-corrected chi connectivity index (χ2v) is 7.65. The molecule has 32 heavy (non-hydrogen) atoms. The molecule has 3 rings (SSSR count). The topological polar surface area (TPSA) is 29.5 Å². The van der Waals surface area contributed by atoms with Gasteiger partial charge in [-0.3, -0.25) is 4.79 Å². The Balaban J connectivity index is 1.83. The van der Waals surface area contributed by atoms with Crippen LogP contribution in [0.3, 0.4) is 0 Å². The van der Waals surface area contributed by atoms with Crippen LogP contribution in [0.4, 0.5) is 17.6 Å². The number of ether oxygens (including phenoxy) is 1. The van der Waals surface area contributed by atoms with Crippen molar-refractivity contribution in [1.29, 1.82) is 0 Å². The van der Waals surface area contributed by atoms with Gasteiger partial charge in [0.05, 0.1) is 5.56 Å². The minimum absolute atomic E-state index is 0.0916. The van der Waals surface area contributed by atoms with Crippen molar-refractivity contribution in [2.45, 2.75) is 12.6 Å². The van der Waals surface area contributed by atoms with Crippen LogP contribution in [0, 0.1) is 5.82 Å². The molecule has 0 aromatic heterocycles. The van der Waals surface area contributed by atoms with Crippen LogP contribution in [-0.4, -0.2) is 37.9 Å². The second-order valence-electron chi connectivity index (χ2n) is 7.65. The molecule has 3 aromatic rings. The maximum absolute atomic E-state index is 13.3. The Morgan fingerprint density at radius 3 is 2.19 bits per heavy atom. The summed E-state index contributed by atoms with van der Waals surface area (Å²) in [5.74, 6) is -0.107. The molecular formula is C25H23F4NO2. The number of carbonyl (C=O) groups excluding carboxylic acids is 1. The van der Waals surface area contributed by atoms with Crippen molar-refractivity contribution in [2.75, 3.05) is 27.2 Å². The van der Waals surface area contributed by atoms with E-state index in [2.05, 4.69) is 0 Å². The highest BCUT2D eigenvalue weighted by Crippen LogP contribution is 2.34. The molecule has 0 N–H and O–H groups in total. The zero-order valence-electron chi connectivity index (χ0n) is 17.7. The molecule has 0 amide bonds. The number of carbonyl (C=O) groups is 1. The van der Waals surface area contributed by atoms with E-state index in [0.717, 1.165) is 18.7 Å². The Labute approximate surface area is 184 Å². The van der Waals surface area contributed by atoms with Gasteiger partial charge in [0.25, 0.3) is 0 Å². The fraction of sp³-hybridized carbons (Fsp3) is 0.240. The van der Waals surface area contributed by atoms with Crippen LogP contribution in [0.25, 0.3) is 11.1 Å². The average Bonchev–Trinajstić information content (AvgIpc) is 2.74. The molecule has 0 aliphatic heterocycles. The fourth-order valence-electron chi connectivity index (χ4n) is 3.16. The maximum Gasteiger partial charge on any atom is 0.416 e. The van der Waals surface area contributed by atoms with Crippen LogP contribution in [0.15, 0.2) is 66.7 Å². The van der Waals surface area contributed by atoms with Crippen LogP contribution in [0.1, 0.15) is 21.5 Å². The first-order chi connectivity index (χ1) is 15.1. The zero-order chi connectivity index (χ0) is 23.3. The minimum atomic E-state index is -4.53. The largest absolute Gasteiger partial charge is 0.492 e. The molecule has 0 unspecified atom stereocenters. The Kier molecular flexibility index (Phi) is 7.30. The van der Waals surface area contributed by atoms with Gasteiger partial charge in [0.15, 0.2) is 5.78 Å². The normalized spacial score (nSPS) is 11.6. The summed E-state index contributed by atoms with van der Waals surface area (Å²) in [7, 11) is 3.87. The molecule has 7 heteroatoms. The molecule has 0 aliphatic rings. The number of halogens is 4. The summed E-state index contributed by atoms with van der Waals surface area (Å²) in [6, 6.07) is 15.1. The highest BCUT2D eigenvalue weighted by Gasteiger charge is 2.31. The van der Waals surface area contributed by atoms with Crippen molar-refractivity contribution < 1.29 is 27.1 Å². The molecule has 0 aliphatic carbocycles. The highest BCUT2D eigenvalue weighted by atomic mass is 19.4. The number of rotatable bonds is 8. The molecule has 168 valence electrons. The lowest BCUT2D eigenvalue weighted by Crippen LogP contribution is -2.19. The Morgan fingerprint density at radius 1 is 0.938 bits per heavy atom. The van der Waals surface area contributed by atoms with Gasteiger partial charge in [-0.1, -0.05) is 18.2 Å².